The van der Waals surface area contributed by atoms with Gasteiger partial charge in [-0.05, 0) is 19.1 Å². The predicted molar refractivity (Wildman–Crippen MR) is 65.9 cm³/mol. The minimum Gasteiger partial charge on any atom is -0.497 e. The maximum Gasteiger partial charge on any atom is 0.119 e. The van der Waals surface area contributed by atoms with E-state index >= 15 is 0 Å². The summed E-state index contributed by atoms with van der Waals surface area (Å²) in [6, 6.07) is 7.87. The van der Waals surface area contributed by atoms with Gasteiger partial charge in [-0.3, -0.25) is 0 Å². The highest BCUT2D eigenvalue weighted by Gasteiger charge is 2.08. The van der Waals surface area contributed by atoms with Crippen molar-refractivity contribution in [1.82, 2.24) is 9.97 Å². The second kappa shape index (κ2) is 5.50. The van der Waals surface area contributed by atoms with E-state index in [2.05, 4.69) is 9.97 Å². The average Bonchev–Trinajstić information content (AvgIpc) is 2.84. The van der Waals surface area contributed by atoms with Gasteiger partial charge < -0.3 is 14.5 Å². The van der Waals surface area contributed by atoms with Gasteiger partial charge in [-0.1, -0.05) is 12.1 Å². The Morgan fingerprint density at radius 2 is 2.24 bits per heavy atom. The maximum atomic E-state index is 5.38. The van der Waals surface area contributed by atoms with Crippen LogP contribution in [0.25, 0.3) is 11.3 Å². The third kappa shape index (κ3) is 2.65. The van der Waals surface area contributed by atoms with Crippen molar-refractivity contribution >= 4 is 0 Å². The summed E-state index contributed by atoms with van der Waals surface area (Å²) in [5.74, 6) is 0.833. The van der Waals surface area contributed by atoms with E-state index in [-0.39, 0.29) is 0 Å². The minimum atomic E-state index is 0.520. The molecule has 1 aromatic heterocycles. The van der Waals surface area contributed by atoms with E-state index in [0.29, 0.717) is 13.2 Å². The standard InChI is InChI=1S/C13H16N2O2/c1-3-17-8-12-13(15-9-14-12)10-5-4-6-11(7-10)16-2/h4-7,9H,3,8H2,1-2H3,(H,14,15). The van der Waals surface area contributed by atoms with Gasteiger partial charge in [0.25, 0.3) is 0 Å². The average molecular weight is 232 g/mol. The highest BCUT2D eigenvalue weighted by Crippen LogP contribution is 2.24. The van der Waals surface area contributed by atoms with Crippen molar-refractivity contribution in [2.45, 2.75) is 13.5 Å². The molecule has 0 amide bonds. The van der Waals surface area contributed by atoms with Gasteiger partial charge in [0.1, 0.15) is 5.75 Å². The summed E-state index contributed by atoms with van der Waals surface area (Å²) >= 11 is 0. The molecule has 0 fully saturated rings. The Morgan fingerprint density at radius 1 is 1.35 bits per heavy atom. The van der Waals surface area contributed by atoms with Crippen LogP contribution in [0.1, 0.15) is 12.6 Å². The summed E-state index contributed by atoms with van der Waals surface area (Å²) in [5.41, 5.74) is 2.95. The smallest absolute Gasteiger partial charge is 0.119 e. The van der Waals surface area contributed by atoms with E-state index in [1.807, 2.05) is 31.2 Å². The number of hydrogen-bond acceptors (Lipinski definition) is 3. The number of H-pyrrole nitrogens is 1. The Balaban J connectivity index is 2.28. The Labute approximate surface area is 101 Å². The fourth-order valence-electron chi connectivity index (χ4n) is 1.66. The summed E-state index contributed by atoms with van der Waals surface area (Å²) in [6.07, 6.45) is 1.68. The van der Waals surface area contributed by atoms with Gasteiger partial charge in [-0.15, -0.1) is 0 Å². The normalized spacial score (nSPS) is 10.5. The lowest BCUT2D eigenvalue weighted by Gasteiger charge is -2.05. The molecule has 90 valence electrons. The maximum absolute atomic E-state index is 5.38. The second-order valence-corrected chi connectivity index (χ2v) is 3.59. The molecule has 2 aromatic rings. The summed E-state index contributed by atoms with van der Waals surface area (Å²) in [4.78, 5) is 7.40. The number of benzene rings is 1. The van der Waals surface area contributed by atoms with Crippen LogP contribution in [0.4, 0.5) is 0 Å². The van der Waals surface area contributed by atoms with Crippen LogP contribution in [0.15, 0.2) is 30.6 Å². The number of nitrogens with zero attached hydrogens (tertiary/aromatic N) is 1. The van der Waals surface area contributed by atoms with Crippen molar-refractivity contribution in [2.24, 2.45) is 0 Å². The number of ether oxygens (including phenoxy) is 2. The number of aromatic nitrogens is 2. The lowest BCUT2D eigenvalue weighted by atomic mass is 10.1. The molecule has 0 spiro atoms. The van der Waals surface area contributed by atoms with Crippen molar-refractivity contribution in [3.8, 4) is 17.0 Å². The molecular weight excluding hydrogens is 216 g/mol. The molecule has 1 heterocycles. The largest absolute Gasteiger partial charge is 0.497 e. The summed E-state index contributed by atoms with van der Waals surface area (Å²) in [7, 11) is 1.66. The van der Waals surface area contributed by atoms with Gasteiger partial charge in [0.15, 0.2) is 0 Å². The Hall–Kier alpha value is -1.81. The van der Waals surface area contributed by atoms with Crippen LogP contribution in [0.5, 0.6) is 5.75 Å². The minimum absolute atomic E-state index is 0.520. The summed E-state index contributed by atoms with van der Waals surface area (Å²) in [5, 5.41) is 0. The highest BCUT2D eigenvalue weighted by atomic mass is 16.5. The molecule has 0 aliphatic carbocycles. The fourth-order valence-corrected chi connectivity index (χ4v) is 1.66. The predicted octanol–water partition coefficient (Wildman–Crippen LogP) is 2.62. The molecule has 0 aliphatic heterocycles. The first kappa shape index (κ1) is 11.7. The zero-order valence-corrected chi connectivity index (χ0v) is 10.1. The van der Waals surface area contributed by atoms with Crippen LogP contribution in [-0.4, -0.2) is 23.7 Å². The van der Waals surface area contributed by atoms with E-state index in [0.717, 1.165) is 22.7 Å². The van der Waals surface area contributed by atoms with Crippen LogP contribution >= 0.6 is 0 Å². The van der Waals surface area contributed by atoms with Crippen molar-refractivity contribution < 1.29 is 9.47 Å². The molecule has 0 radical (unpaired) electrons. The third-order valence-electron chi connectivity index (χ3n) is 2.52. The molecule has 0 bridgehead atoms. The second-order valence-electron chi connectivity index (χ2n) is 3.59. The molecule has 0 unspecified atom stereocenters. The van der Waals surface area contributed by atoms with Gasteiger partial charge in [0.2, 0.25) is 0 Å². The lowest BCUT2D eigenvalue weighted by Crippen LogP contribution is -1.94. The third-order valence-corrected chi connectivity index (χ3v) is 2.52. The molecule has 0 atom stereocenters. The van der Waals surface area contributed by atoms with Crippen LogP contribution < -0.4 is 4.74 Å². The molecule has 2 rings (SSSR count). The Kier molecular flexibility index (Phi) is 3.77. The number of methoxy groups -OCH3 is 1. The number of imidazole rings is 1. The van der Waals surface area contributed by atoms with Gasteiger partial charge in [-0.25, -0.2) is 4.98 Å². The van der Waals surface area contributed by atoms with E-state index < -0.39 is 0 Å². The Morgan fingerprint density at radius 3 is 3.00 bits per heavy atom. The highest BCUT2D eigenvalue weighted by molar-refractivity contribution is 5.63. The number of rotatable bonds is 5. The van der Waals surface area contributed by atoms with E-state index in [1.54, 1.807) is 13.4 Å². The molecule has 4 nitrogen and oxygen atoms in total. The quantitative estimate of drug-likeness (QED) is 0.862. The first-order chi connectivity index (χ1) is 8.35. The van der Waals surface area contributed by atoms with Crippen molar-refractivity contribution in [1.29, 1.82) is 0 Å². The van der Waals surface area contributed by atoms with Crippen LogP contribution in [0.3, 0.4) is 0 Å². The van der Waals surface area contributed by atoms with Crippen LogP contribution in [0, 0.1) is 0 Å². The first-order valence-corrected chi connectivity index (χ1v) is 5.59. The molecular formula is C13H16N2O2. The van der Waals surface area contributed by atoms with Crippen molar-refractivity contribution in [3.05, 3.63) is 36.3 Å². The van der Waals surface area contributed by atoms with E-state index in [9.17, 15) is 0 Å². The van der Waals surface area contributed by atoms with E-state index in [4.69, 9.17) is 9.47 Å². The molecule has 1 N–H and O–H groups in total. The topological polar surface area (TPSA) is 47.1 Å². The number of hydrogen-bond donors (Lipinski definition) is 1. The molecule has 4 heteroatoms. The first-order valence-electron chi connectivity index (χ1n) is 5.59. The fraction of sp³-hybridized carbons (Fsp3) is 0.308. The monoisotopic (exact) mass is 232 g/mol. The van der Waals surface area contributed by atoms with Gasteiger partial charge >= 0.3 is 0 Å². The van der Waals surface area contributed by atoms with Crippen LogP contribution in [-0.2, 0) is 11.3 Å². The summed E-state index contributed by atoms with van der Waals surface area (Å²) < 4.78 is 10.6. The molecule has 0 aliphatic rings. The number of nitrogens with one attached hydrogen (secondary N) is 1. The lowest BCUT2D eigenvalue weighted by molar-refractivity contribution is 0.132. The molecule has 17 heavy (non-hydrogen) atoms. The molecule has 0 saturated carbocycles. The van der Waals surface area contributed by atoms with Gasteiger partial charge in [-0.2, -0.15) is 0 Å². The van der Waals surface area contributed by atoms with Crippen molar-refractivity contribution in [2.75, 3.05) is 13.7 Å². The molecule has 1 aromatic carbocycles. The number of aromatic amines is 1. The van der Waals surface area contributed by atoms with Gasteiger partial charge in [0.05, 0.1) is 31.4 Å². The van der Waals surface area contributed by atoms with Crippen molar-refractivity contribution in [3.63, 3.8) is 0 Å². The molecule has 0 saturated heterocycles. The zero-order valence-electron chi connectivity index (χ0n) is 10.1. The SMILES string of the molecule is CCOCc1nc[nH]c1-c1cccc(OC)c1. The Bertz CT molecular complexity index is 480. The summed E-state index contributed by atoms with van der Waals surface area (Å²) in [6.45, 7) is 3.18. The van der Waals surface area contributed by atoms with Crippen LogP contribution in [0.2, 0.25) is 0 Å². The van der Waals surface area contributed by atoms with E-state index in [1.165, 1.54) is 0 Å². The van der Waals surface area contributed by atoms with Gasteiger partial charge in [0, 0.05) is 12.2 Å². The zero-order chi connectivity index (χ0) is 12.1.